The number of rotatable bonds is 7. The Kier molecular flexibility index (Phi) is 6.22. The lowest BCUT2D eigenvalue weighted by molar-refractivity contribution is -0.141. The van der Waals surface area contributed by atoms with Crippen molar-refractivity contribution < 1.29 is 14.3 Å². The van der Waals surface area contributed by atoms with Gasteiger partial charge in [0.2, 0.25) is 5.91 Å². The van der Waals surface area contributed by atoms with E-state index in [2.05, 4.69) is 15.0 Å². The SMILES string of the molecule is COC(=O)CCC(=O)Nc1cn(Cc2ccccc2)c(SC)n1. The number of hydrogen-bond donors (Lipinski definition) is 1. The number of imidazole rings is 1. The largest absolute Gasteiger partial charge is 0.469 e. The maximum atomic E-state index is 11.8. The molecule has 0 fully saturated rings. The molecule has 1 aromatic heterocycles. The van der Waals surface area contributed by atoms with E-state index in [1.54, 1.807) is 6.20 Å². The normalized spacial score (nSPS) is 10.3. The van der Waals surface area contributed by atoms with Gasteiger partial charge >= 0.3 is 5.97 Å². The number of nitrogens with one attached hydrogen (secondary N) is 1. The minimum atomic E-state index is -0.403. The number of ether oxygens (including phenoxy) is 1. The Bertz CT molecular complexity index is 670. The first kappa shape index (κ1) is 17.1. The molecule has 2 aromatic rings. The van der Waals surface area contributed by atoms with Gasteiger partial charge in [-0.05, 0) is 11.8 Å². The summed E-state index contributed by atoms with van der Waals surface area (Å²) in [5.41, 5.74) is 1.16. The smallest absolute Gasteiger partial charge is 0.306 e. The Balaban J connectivity index is 2.01. The topological polar surface area (TPSA) is 73.2 Å². The maximum Gasteiger partial charge on any atom is 0.306 e. The summed E-state index contributed by atoms with van der Waals surface area (Å²) in [5, 5.41) is 3.53. The van der Waals surface area contributed by atoms with Gasteiger partial charge in [0, 0.05) is 19.2 Å². The van der Waals surface area contributed by atoms with Crippen molar-refractivity contribution in [3.63, 3.8) is 0 Å². The summed E-state index contributed by atoms with van der Waals surface area (Å²) >= 11 is 1.51. The molecule has 0 aliphatic carbocycles. The third-order valence-corrected chi connectivity index (χ3v) is 3.86. The molecule has 0 bridgehead atoms. The minimum absolute atomic E-state index is 0.0580. The highest BCUT2D eigenvalue weighted by Crippen LogP contribution is 2.19. The number of anilines is 1. The van der Waals surface area contributed by atoms with Crippen LogP contribution in [0, 0.1) is 0 Å². The van der Waals surface area contributed by atoms with Gasteiger partial charge in [-0.15, -0.1) is 0 Å². The maximum absolute atomic E-state index is 11.8. The zero-order valence-corrected chi connectivity index (χ0v) is 13.9. The first-order valence-corrected chi connectivity index (χ1v) is 8.36. The van der Waals surface area contributed by atoms with E-state index in [9.17, 15) is 9.59 Å². The second-order valence-corrected chi connectivity index (χ2v) is 5.62. The van der Waals surface area contributed by atoms with E-state index in [-0.39, 0.29) is 18.7 Å². The van der Waals surface area contributed by atoms with Gasteiger partial charge in [0.25, 0.3) is 0 Å². The second kappa shape index (κ2) is 8.38. The summed E-state index contributed by atoms with van der Waals surface area (Å²) in [7, 11) is 1.30. The summed E-state index contributed by atoms with van der Waals surface area (Å²) in [5.74, 6) is -0.174. The predicted octanol–water partition coefficient (Wildman–Crippen LogP) is 2.55. The van der Waals surface area contributed by atoms with Crippen molar-refractivity contribution in [1.29, 1.82) is 0 Å². The van der Waals surface area contributed by atoms with Crippen LogP contribution >= 0.6 is 11.8 Å². The summed E-state index contributed by atoms with van der Waals surface area (Å²) in [4.78, 5) is 27.3. The van der Waals surface area contributed by atoms with Crippen LogP contribution in [0.15, 0.2) is 41.7 Å². The van der Waals surface area contributed by atoms with Crippen molar-refractivity contribution in [1.82, 2.24) is 9.55 Å². The fourth-order valence-corrected chi connectivity index (χ4v) is 2.58. The standard InChI is InChI=1S/C16H19N3O3S/c1-22-15(21)9-8-14(20)17-13-11-19(16(18-13)23-2)10-12-6-4-3-5-7-12/h3-7,11H,8-10H2,1-2H3,(H,17,20). The fraction of sp³-hybridized carbons (Fsp3) is 0.312. The number of aromatic nitrogens is 2. The van der Waals surface area contributed by atoms with Crippen molar-refractivity contribution in [2.24, 2.45) is 0 Å². The number of esters is 1. The van der Waals surface area contributed by atoms with Gasteiger partial charge in [0.05, 0.1) is 13.5 Å². The molecule has 0 unspecified atom stereocenters. The van der Waals surface area contributed by atoms with Crippen LogP contribution in [0.1, 0.15) is 18.4 Å². The highest BCUT2D eigenvalue weighted by atomic mass is 32.2. The van der Waals surface area contributed by atoms with Gasteiger partial charge in [0.15, 0.2) is 11.0 Å². The van der Waals surface area contributed by atoms with E-state index >= 15 is 0 Å². The summed E-state index contributed by atoms with van der Waals surface area (Å²) in [6.07, 6.45) is 3.87. The van der Waals surface area contributed by atoms with Gasteiger partial charge in [-0.2, -0.15) is 0 Å². The molecule has 1 aromatic carbocycles. The van der Waals surface area contributed by atoms with E-state index in [1.807, 2.05) is 41.2 Å². The number of benzene rings is 1. The molecule has 7 heteroatoms. The number of thioether (sulfide) groups is 1. The summed E-state index contributed by atoms with van der Waals surface area (Å²) < 4.78 is 6.50. The lowest BCUT2D eigenvalue weighted by Gasteiger charge is -2.05. The van der Waals surface area contributed by atoms with Crippen LogP contribution in [0.2, 0.25) is 0 Å². The van der Waals surface area contributed by atoms with Gasteiger partial charge < -0.3 is 14.6 Å². The highest BCUT2D eigenvalue weighted by molar-refractivity contribution is 7.98. The Labute approximate surface area is 139 Å². The van der Waals surface area contributed by atoms with Crippen molar-refractivity contribution >= 4 is 29.5 Å². The molecule has 1 heterocycles. The first-order valence-electron chi connectivity index (χ1n) is 7.14. The molecule has 0 saturated carbocycles. The van der Waals surface area contributed by atoms with Crippen LogP contribution in [0.4, 0.5) is 5.82 Å². The van der Waals surface area contributed by atoms with E-state index in [0.717, 1.165) is 10.7 Å². The van der Waals surface area contributed by atoms with E-state index < -0.39 is 5.97 Å². The molecule has 122 valence electrons. The van der Waals surface area contributed by atoms with Crippen LogP contribution in [0.25, 0.3) is 0 Å². The molecule has 0 aliphatic heterocycles. The first-order chi connectivity index (χ1) is 11.1. The Hall–Kier alpha value is -2.28. The fourth-order valence-electron chi connectivity index (χ4n) is 2.04. The quantitative estimate of drug-likeness (QED) is 0.623. The summed E-state index contributed by atoms with van der Waals surface area (Å²) in [6, 6.07) is 10.0. The monoisotopic (exact) mass is 333 g/mol. The molecule has 1 N–H and O–H groups in total. The molecule has 0 radical (unpaired) electrons. The van der Waals surface area contributed by atoms with Crippen LogP contribution in [-0.4, -0.2) is 34.8 Å². The van der Waals surface area contributed by atoms with Crippen LogP contribution < -0.4 is 5.32 Å². The number of methoxy groups -OCH3 is 1. The van der Waals surface area contributed by atoms with Crippen LogP contribution in [0.3, 0.4) is 0 Å². The van der Waals surface area contributed by atoms with Crippen molar-refractivity contribution in [2.75, 3.05) is 18.7 Å². The van der Waals surface area contributed by atoms with E-state index in [1.165, 1.54) is 18.9 Å². The molecule has 23 heavy (non-hydrogen) atoms. The number of carbonyl (C=O) groups is 2. The molecule has 2 rings (SSSR count). The van der Waals surface area contributed by atoms with Gasteiger partial charge in [0.1, 0.15) is 0 Å². The molecule has 0 saturated heterocycles. The van der Waals surface area contributed by atoms with Crippen molar-refractivity contribution in [2.45, 2.75) is 24.5 Å². The lowest BCUT2D eigenvalue weighted by Crippen LogP contribution is -2.14. The van der Waals surface area contributed by atoms with Crippen LogP contribution in [0.5, 0.6) is 0 Å². The van der Waals surface area contributed by atoms with Gasteiger partial charge in [-0.25, -0.2) is 4.98 Å². The lowest BCUT2D eigenvalue weighted by atomic mass is 10.2. The highest BCUT2D eigenvalue weighted by Gasteiger charge is 2.12. The number of hydrogen-bond acceptors (Lipinski definition) is 5. The third kappa shape index (κ3) is 5.14. The van der Waals surface area contributed by atoms with E-state index in [0.29, 0.717) is 12.4 Å². The Morgan fingerprint density at radius 3 is 2.65 bits per heavy atom. The predicted molar refractivity (Wildman–Crippen MR) is 89.4 cm³/mol. The zero-order chi connectivity index (χ0) is 16.7. The molecule has 0 spiro atoms. The molecule has 0 aliphatic rings. The molecule has 0 atom stereocenters. The van der Waals surface area contributed by atoms with Crippen molar-refractivity contribution in [3.05, 3.63) is 42.1 Å². The van der Waals surface area contributed by atoms with Gasteiger partial charge in [-0.3, -0.25) is 9.59 Å². The minimum Gasteiger partial charge on any atom is -0.469 e. The number of amides is 1. The Morgan fingerprint density at radius 1 is 1.26 bits per heavy atom. The molecule has 1 amide bonds. The number of carbonyl (C=O) groups excluding carboxylic acids is 2. The van der Waals surface area contributed by atoms with Gasteiger partial charge in [-0.1, -0.05) is 42.1 Å². The molecular formula is C16H19N3O3S. The zero-order valence-electron chi connectivity index (χ0n) is 13.1. The average Bonchev–Trinajstić information content (AvgIpc) is 2.94. The molecular weight excluding hydrogens is 314 g/mol. The van der Waals surface area contributed by atoms with E-state index in [4.69, 9.17) is 0 Å². The number of nitrogens with zero attached hydrogens (tertiary/aromatic N) is 2. The third-order valence-electron chi connectivity index (χ3n) is 3.17. The average molecular weight is 333 g/mol. The second-order valence-electron chi connectivity index (χ2n) is 4.85. The molecule has 6 nitrogen and oxygen atoms in total. The van der Waals surface area contributed by atoms with Crippen LogP contribution in [-0.2, 0) is 20.9 Å². The van der Waals surface area contributed by atoms with Crippen molar-refractivity contribution in [3.8, 4) is 0 Å². The Morgan fingerprint density at radius 2 is 2.00 bits per heavy atom. The summed E-state index contributed by atoms with van der Waals surface area (Å²) in [6.45, 7) is 0.683.